The van der Waals surface area contributed by atoms with Crippen LogP contribution in [0.1, 0.15) is 34.0 Å². The van der Waals surface area contributed by atoms with E-state index < -0.39 is 0 Å². The van der Waals surface area contributed by atoms with Crippen LogP contribution in [-0.4, -0.2) is 19.1 Å². The Hall–Kier alpha value is -3.11. The number of hydrogen-bond acceptors (Lipinski definition) is 3. The van der Waals surface area contributed by atoms with E-state index in [0.29, 0.717) is 31.9 Å². The minimum atomic E-state index is -0.0895. The first-order chi connectivity index (χ1) is 14.3. The minimum absolute atomic E-state index is 0.0895. The first-order valence-corrected chi connectivity index (χ1v) is 9.95. The van der Waals surface area contributed by atoms with Crippen molar-refractivity contribution in [1.29, 1.82) is 0 Å². The molecule has 4 nitrogen and oxygen atoms in total. The molecule has 1 amide bonds. The van der Waals surface area contributed by atoms with Crippen molar-refractivity contribution in [1.82, 2.24) is 5.32 Å². The highest BCUT2D eigenvalue weighted by Gasteiger charge is 2.11. The highest BCUT2D eigenvalue weighted by molar-refractivity contribution is 5.94. The molecule has 0 fully saturated rings. The van der Waals surface area contributed by atoms with Crippen molar-refractivity contribution in [2.45, 2.75) is 26.6 Å². The molecular formula is C25H27NO3. The molecule has 0 radical (unpaired) electrons. The number of carbonyl (C=O) groups is 1. The van der Waals surface area contributed by atoms with Crippen molar-refractivity contribution in [3.63, 3.8) is 0 Å². The molecule has 0 aliphatic carbocycles. The molecule has 3 aromatic rings. The Morgan fingerprint density at radius 2 is 1.55 bits per heavy atom. The molecule has 1 N–H and O–H groups in total. The van der Waals surface area contributed by atoms with E-state index in [-0.39, 0.29) is 5.91 Å². The van der Waals surface area contributed by atoms with Gasteiger partial charge in [-0.05, 0) is 42.7 Å². The lowest BCUT2D eigenvalue weighted by Crippen LogP contribution is -2.25. The molecule has 150 valence electrons. The maximum Gasteiger partial charge on any atom is 0.251 e. The van der Waals surface area contributed by atoms with Gasteiger partial charge in [-0.15, -0.1) is 0 Å². The summed E-state index contributed by atoms with van der Waals surface area (Å²) in [7, 11) is 0. The van der Waals surface area contributed by atoms with Crippen LogP contribution in [0.2, 0.25) is 0 Å². The highest BCUT2D eigenvalue weighted by Crippen LogP contribution is 2.22. The van der Waals surface area contributed by atoms with Crippen LogP contribution in [0.25, 0.3) is 0 Å². The first kappa shape index (κ1) is 20.6. The molecule has 0 heterocycles. The lowest BCUT2D eigenvalue weighted by molar-refractivity contribution is 0.0951. The lowest BCUT2D eigenvalue weighted by atomic mass is 10.1. The third kappa shape index (κ3) is 6.47. The van der Waals surface area contributed by atoms with Crippen LogP contribution in [0, 0.1) is 0 Å². The van der Waals surface area contributed by atoms with Crippen molar-refractivity contribution in [2.24, 2.45) is 0 Å². The number of nitrogens with one attached hydrogen (secondary N) is 1. The summed E-state index contributed by atoms with van der Waals surface area (Å²) in [5.41, 5.74) is 3.80. The molecule has 0 aromatic heterocycles. The summed E-state index contributed by atoms with van der Waals surface area (Å²) < 4.78 is 11.6. The summed E-state index contributed by atoms with van der Waals surface area (Å²) in [4.78, 5) is 12.6. The van der Waals surface area contributed by atoms with Gasteiger partial charge < -0.3 is 14.8 Å². The number of rotatable bonds is 10. The van der Waals surface area contributed by atoms with E-state index in [2.05, 4.69) is 17.4 Å². The number of hydrogen-bond donors (Lipinski definition) is 1. The second-order valence-corrected chi connectivity index (χ2v) is 6.73. The zero-order valence-corrected chi connectivity index (χ0v) is 16.8. The maximum absolute atomic E-state index is 12.6. The van der Waals surface area contributed by atoms with Crippen LogP contribution in [0.5, 0.6) is 5.75 Å². The molecule has 0 spiro atoms. The third-order valence-electron chi connectivity index (χ3n) is 4.53. The molecule has 0 aliphatic heterocycles. The lowest BCUT2D eigenvalue weighted by Gasteiger charge is -2.13. The SMILES string of the molecule is CCOc1ccc(C(=O)NCCc2ccccc2)cc1COCc1ccccc1. The molecule has 0 aliphatic rings. The molecule has 3 rings (SSSR count). The summed E-state index contributed by atoms with van der Waals surface area (Å²) in [6.45, 7) is 4.00. The fourth-order valence-corrected chi connectivity index (χ4v) is 3.05. The Kier molecular flexibility index (Phi) is 7.84. The summed E-state index contributed by atoms with van der Waals surface area (Å²) in [6.07, 6.45) is 0.802. The smallest absolute Gasteiger partial charge is 0.251 e. The van der Waals surface area contributed by atoms with E-state index in [4.69, 9.17) is 9.47 Å². The van der Waals surface area contributed by atoms with E-state index in [1.165, 1.54) is 5.56 Å². The fourth-order valence-electron chi connectivity index (χ4n) is 3.05. The fraction of sp³-hybridized carbons (Fsp3) is 0.240. The van der Waals surface area contributed by atoms with Gasteiger partial charge in [-0.3, -0.25) is 4.79 Å². The summed E-state index contributed by atoms with van der Waals surface area (Å²) >= 11 is 0. The Balaban J connectivity index is 1.59. The van der Waals surface area contributed by atoms with Gasteiger partial charge in [0.15, 0.2) is 0 Å². The number of amides is 1. The molecule has 0 unspecified atom stereocenters. The molecule has 0 bridgehead atoms. The molecule has 0 saturated carbocycles. The summed E-state index contributed by atoms with van der Waals surface area (Å²) in [5.74, 6) is 0.662. The van der Waals surface area contributed by atoms with Gasteiger partial charge in [0.2, 0.25) is 0 Å². The van der Waals surface area contributed by atoms with Crippen LogP contribution in [-0.2, 0) is 24.4 Å². The second-order valence-electron chi connectivity index (χ2n) is 6.73. The average molecular weight is 389 g/mol. The predicted molar refractivity (Wildman–Crippen MR) is 115 cm³/mol. The Morgan fingerprint density at radius 3 is 2.24 bits per heavy atom. The van der Waals surface area contributed by atoms with Crippen molar-refractivity contribution >= 4 is 5.91 Å². The average Bonchev–Trinajstić information content (AvgIpc) is 2.76. The van der Waals surface area contributed by atoms with E-state index in [9.17, 15) is 4.79 Å². The topological polar surface area (TPSA) is 47.6 Å². The number of ether oxygens (including phenoxy) is 2. The third-order valence-corrected chi connectivity index (χ3v) is 4.53. The normalized spacial score (nSPS) is 10.5. The van der Waals surface area contributed by atoms with Gasteiger partial charge in [0.25, 0.3) is 5.91 Å². The Labute approximate surface area is 172 Å². The van der Waals surface area contributed by atoms with E-state index in [1.54, 1.807) is 6.07 Å². The van der Waals surface area contributed by atoms with Crippen LogP contribution >= 0.6 is 0 Å². The van der Waals surface area contributed by atoms with Crippen molar-refractivity contribution in [2.75, 3.05) is 13.2 Å². The van der Waals surface area contributed by atoms with Gasteiger partial charge in [-0.2, -0.15) is 0 Å². The van der Waals surface area contributed by atoms with Crippen LogP contribution in [0.4, 0.5) is 0 Å². The zero-order valence-electron chi connectivity index (χ0n) is 16.8. The van der Waals surface area contributed by atoms with Gasteiger partial charge in [-0.25, -0.2) is 0 Å². The molecule has 29 heavy (non-hydrogen) atoms. The monoisotopic (exact) mass is 389 g/mol. The predicted octanol–water partition coefficient (Wildman–Crippen LogP) is 4.77. The number of carbonyl (C=O) groups excluding carboxylic acids is 1. The summed E-state index contributed by atoms with van der Waals surface area (Å²) in [5, 5.41) is 2.99. The first-order valence-electron chi connectivity index (χ1n) is 9.95. The zero-order chi connectivity index (χ0) is 20.3. The van der Waals surface area contributed by atoms with Crippen LogP contribution in [0.15, 0.2) is 78.9 Å². The molecule has 3 aromatic carbocycles. The molecule has 0 atom stereocenters. The van der Waals surface area contributed by atoms with Crippen molar-refractivity contribution < 1.29 is 14.3 Å². The van der Waals surface area contributed by atoms with E-state index >= 15 is 0 Å². The van der Waals surface area contributed by atoms with Gasteiger partial charge in [0.05, 0.1) is 19.8 Å². The van der Waals surface area contributed by atoms with Gasteiger partial charge in [0, 0.05) is 17.7 Å². The van der Waals surface area contributed by atoms with Gasteiger partial charge in [0.1, 0.15) is 5.75 Å². The van der Waals surface area contributed by atoms with Gasteiger partial charge >= 0.3 is 0 Å². The van der Waals surface area contributed by atoms with Crippen molar-refractivity contribution in [3.8, 4) is 5.75 Å². The second kappa shape index (κ2) is 11.0. The van der Waals surface area contributed by atoms with Crippen LogP contribution < -0.4 is 10.1 Å². The quantitative estimate of drug-likeness (QED) is 0.543. The minimum Gasteiger partial charge on any atom is -0.494 e. The van der Waals surface area contributed by atoms with Crippen molar-refractivity contribution in [3.05, 3.63) is 101 Å². The van der Waals surface area contributed by atoms with E-state index in [1.807, 2.05) is 67.6 Å². The molecule has 0 saturated heterocycles. The standard InChI is InChI=1S/C25H27NO3/c1-2-29-24-14-13-22(25(27)26-16-15-20-9-5-3-6-10-20)17-23(24)19-28-18-21-11-7-4-8-12-21/h3-14,17H,2,15-16,18-19H2,1H3,(H,26,27). The highest BCUT2D eigenvalue weighted by atomic mass is 16.5. The Morgan fingerprint density at radius 1 is 0.862 bits per heavy atom. The maximum atomic E-state index is 12.6. The Bertz CT molecular complexity index is 894. The van der Waals surface area contributed by atoms with Gasteiger partial charge in [-0.1, -0.05) is 60.7 Å². The summed E-state index contributed by atoms with van der Waals surface area (Å²) in [6, 6.07) is 25.6. The van der Waals surface area contributed by atoms with E-state index in [0.717, 1.165) is 23.3 Å². The largest absolute Gasteiger partial charge is 0.494 e. The molecular weight excluding hydrogens is 362 g/mol. The number of benzene rings is 3. The molecule has 4 heteroatoms. The van der Waals surface area contributed by atoms with Crippen LogP contribution in [0.3, 0.4) is 0 Å².